The Labute approximate surface area is 160 Å². The average molecular weight is 375 g/mol. The molecule has 2 aromatic carbocycles. The topological polar surface area (TPSA) is 64.1 Å². The number of aromatic nitrogens is 2. The van der Waals surface area contributed by atoms with E-state index in [1.165, 1.54) is 11.3 Å². The minimum atomic E-state index is -0.399. The van der Waals surface area contributed by atoms with Crippen molar-refractivity contribution in [2.24, 2.45) is 0 Å². The minimum Gasteiger partial charge on any atom is -0.428 e. The molecular weight excluding hydrogens is 358 g/mol. The summed E-state index contributed by atoms with van der Waals surface area (Å²) in [5, 5.41) is 5.08. The fraction of sp³-hybridized carbons (Fsp3) is 0.0952. The molecule has 0 spiro atoms. The summed E-state index contributed by atoms with van der Waals surface area (Å²) in [6.07, 6.45) is 1.78. The minimum absolute atomic E-state index is 0.370. The normalized spacial score (nSPS) is 10.9. The summed E-state index contributed by atoms with van der Waals surface area (Å²) in [6, 6.07) is 13.7. The Bertz CT molecular complexity index is 1200. The molecule has 0 bridgehead atoms. The standard InChI is InChI=1S/C21H17N3O2S/c1-12(2)26-20(25)18-10-15-17(27-18)9-8-14-11-22-21(24-19(14)15)23-16-7-5-4-6-13(16)3/h4-11H,1H2,2-3H3,(H,22,23,24). The van der Waals surface area contributed by atoms with Gasteiger partial charge < -0.3 is 10.1 Å². The summed E-state index contributed by atoms with van der Waals surface area (Å²) < 4.78 is 6.09. The molecule has 0 amide bonds. The molecule has 134 valence electrons. The van der Waals surface area contributed by atoms with Crippen LogP contribution in [0.3, 0.4) is 0 Å². The number of rotatable bonds is 4. The molecule has 0 aliphatic rings. The third kappa shape index (κ3) is 3.39. The van der Waals surface area contributed by atoms with Crippen molar-refractivity contribution in [1.29, 1.82) is 0 Å². The Balaban J connectivity index is 1.78. The molecule has 6 heteroatoms. The third-order valence-corrected chi connectivity index (χ3v) is 5.19. The zero-order chi connectivity index (χ0) is 19.0. The van der Waals surface area contributed by atoms with Crippen LogP contribution in [-0.2, 0) is 4.74 Å². The summed E-state index contributed by atoms with van der Waals surface area (Å²) >= 11 is 1.38. The van der Waals surface area contributed by atoms with E-state index in [9.17, 15) is 4.79 Å². The van der Waals surface area contributed by atoms with Crippen LogP contribution in [0.1, 0.15) is 22.2 Å². The number of carbonyl (C=O) groups is 1. The van der Waals surface area contributed by atoms with E-state index in [0.29, 0.717) is 16.6 Å². The van der Waals surface area contributed by atoms with E-state index >= 15 is 0 Å². The highest BCUT2D eigenvalue weighted by molar-refractivity contribution is 7.20. The maximum absolute atomic E-state index is 12.2. The van der Waals surface area contributed by atoms with Crippen LogP contribution in [0.2, 0.25) is 0 Å². The number of aryl methyl sites for hydroxylation is 1. The van der Waals surface area contributed by atoms with Crippen molar-refractivity contribution in [3.63, 3.8) is 0 Å². The lowest BCUT2D eigenvalue weighted by Crippen LogP contribution is -2.00. The molecule has 0 aliphatic carbocycles. The van der Waals surface area contributed by atoms with E-state index in [1.807, 2.05) is 49.4 Å². The fourth-order valence-corrected chi connectivity index (χ4v) is 3.75. The number of ether oxygens (including phenoxy) is 1. The summed E-state index contributed by atoms with van der Waals surface area (Å²) in [5.41, 5.74) is 2.86. The Hall–Kier alpha value is -3.25. The third-order valence-electron chi connectivity index (χ3n) is 4.11. The van der Waals surface area contributed by atoms with Crippen molar-refractivity contribution in [3.8, 4) is 0 Å². The number of fused-ring (bicyclic) bond motifs is 3. The Kier molecular flexibility index (Phi) is 4.33. The molecule has 4 rings (SSSR count). The second-order valence-electron chi connectivity index (χ2n) is 6.25. The summed E-state index contributed by atoms with van der Waals surface area (Å²) in [6.45, 7) is 7.29. The van der Waals surface area contributed by atoms with Gasteiger partial charge in [0.05, 0.1) is 11.3 Å². The van der Waals surface area contributed by atoms with Crippen LogP contribution in [-0.4, -0.2) is 15.9 Å². The summed E-state index contributed by atoms with van der Waals surface area (Å²) in [7, 11) is 0. The van der Waals surface area contributed by atoms with Crippen LogP contribution in [0, 0.1) is 6.92 Å². The molecule has 2 aromatic heterocycles. The van der Waals surface area contributed by atoms with Crippen molar-refractivity contribution in [3.05, 3.63) is 71.4 Å². The zero-order valence-electron chi connectivity index (χ0n) is 14.9. The number of esters is 1. The maximum atomic E-state index is 12.2. The number of anilines is 2. The van der Waals surface area contributed by atoms with Crippen LogP contribution in [0.15, 0.2) is 61.0 Å². The highest BCUT2D eigenvalue weighted by Crippen LogP contribution is 2.32. The predicted molar refractivity (Wildman–Crippen MR) is 110 cm³/mol. The van der Waals surface area contributed by atoms with Crippen LogP contribution < -0.4 is 5.32 Å². The van der Waals surface area contributed by atoms with Gasteiger partial charge in [0.2, 0.25) is 5.95 Å². The first kappa shape index (κ1) is 17.2. The van der Waals surface area contributed by atoms with Crippen molar-refractivity contribution >= 4 is 49.9 Å². The van der Waals surface area contributed by atoms with Crippen LogP contribution >= 0.6 is 11.3 Å². The number of benzene rings is 2. The second-order valence-corrected chi connectivity index (χ2v) is 7.33. The largest absolute Gasteiger partial charge is 0.428 e. The highest BCUT2D eigenvalue weighted by atomic mass is 32.1. The lowest BCUT2D eigenvalue weighted by atomic mass is 10.2. The molecule has 0 radical (unpaired) electrons. The van der Waals surface area contributed by atoms with Gasteiger partial charge in [-0.1, -0.05) is 24.8 Å². The lowest BCUT2D eigenvalue weighted by Gasteiger charge is -2.08. The van der Waals surface area contributed by atoms with E-state index in [1.54, 1.807) is 13.1 Å². The Morgan fingerprint density at radius 3 is 2.81 bits per heavy atom. The molecule has 5 nitrogen and oxygen atoms in total. The number of carbonyl (C=O) groups excluding carboxylic acids is 1. The van der Waals surface area contributed by atoms with Gasteiger partial charge in [0.25, 0.3) is 0 Å². The van der Waals surface area contributed by atoms with Gasteiger partial charge >= 0.3 is 5.97 Å². The summed E-state index contributed by atoms with van der Waals surface area (Å²) in [5.74, 6) is 0.486. The fourth-order valence-electron chi connectivity index (χ4n) is 2.81. The number of para-hydroxylation sites is 1. The van der Waals surface area contributed by atoms with E-state index in [0.717, 1.165) is 32.2 Å². The lowest BCUT2D eigenvalue weighted by molar-refractivity contribution is 0.0633. The van der Waals surface area contributed by atoms with Crippen LogP contribution in [0.5, 0.6) is 0 Å². The number of nitrogens with one attached hydrogen (secondary N) is 1. The van der Waals surface area contributed by atoms with Gasteiger partial charge in [0.15, 0.2) is 0 Å². The van der Waals surface area contributed by atoms with Crippen LogP contribution in [0.25, 0.3) is 21.0 Å². The number of hydrogen-bond donors (Lipinski definition) is 1. The number of nitrogens with zero attached hydrogens (tertiary/aromatic N) is 2. The first-order chi connectivity index (χ1) is 13.0. The molecule has 0 saturated carbocycles. The van der Waals surface area contributed by atoms with E-state index in [2.05, 4.69) is 21.9 Å². The summed E-state index contributed by atoms with van der Waals surface area (Å²) in [4.78, 5) is 21.8. The van der Waals surface area contributed by atoms with Crippen molar-refractivity contribution in [2.45, 2.75) is 13.8 Å². The predicted octanol–water partition coefficient (Wildman–Crippen LogP) is 5.59. The molecule has 0 atom stereocenters. The molecule has 2 heterocycles. The van der Waals surface area contributed by atoms with Crippen molar-refractivity contribution < 1.29 is 9.53 Å². The first-order valence-electron chi connectivity index (χ1n) is 8.41. The molecular formula is C21H17N3O2S. The molecule has 27 heavy (non-hydrogen) atoms. The zero-order valence-corrected chi connectivity index (χ0v) is 15.8. The van der Waals surface area contributed by atoms with E-state index in [-0.39, 0.29) is 0 Å². The monoisotopic (exact) mass is 375 g/mol. The second kappa shape index (κ2) is 6.81. The van der Waals surface area contributed by atoms with Gasteiger partial charge in [-0.15, -0.1) is 11.3 Å². The number of hydrogen-bond acceptors (Lipinski definition) is 6. The van der Waals surface area contributed by atoms with Gasteiger partial charge in [-0.05, 0) is 43.7 Å². The van der Waals surface area contributed by atoms with E-state index in [4.69, 9.17) is 4.74 Å². The maximum Gasteiger partial charge on any atom is 0.353 e. The van der Waals surface area contributed by atoms with Gasteiger partial charge in [-0.2, -0.15) is 0 Å². The molecule has 0 fully saturated rings. The van der Waals surface area contributed by atoms with Crippen LogP contribution in [0.4, 0.5) is 11.6 Å². The van der Waals surface area contributed by atoms with Gasteiger partial charge in [0.1, 0.15) is 4.88 Å². The molecule has 1 N–H and O–H groups in total. The molecule has 0 saturated heterocycles. The number of thiophene rings is 1. The highest BCUT2D eigenvalue weighted by Gasteiger charge is 2.15. The van der Waals surface area contributed by atoms with Crippen molar-refractivity contribution in [1.82, 2.24) is 9.97 Å². The quantitative estimate of drug-likeness (QED) is 0.372. The molecule has 4 aromatic rings. The first-order valence-corrected chi connectivity index (χ1v) is 9.22. The smallest absolute Gasteiger partial charge is 0.353 e. The Morgan fingerprint density at radius 2 is 2.04 bits per heavy atom. The number of allylic oxidation sites excluding steroid dienone is 1. The molecule has 0 unspecified atom stereocenters. The van der Waals surface area contributed by atoms with Gasteiger partial charge in [0, 0.05) is 27.4 Å². The SMILES string of the molecule is C=C(C)OC(=O)c1cc2c(ccc3cnc(Nc4ccccc4C)nc32)s1. The van der Waals surface area contributed by atoms with Gasteiger partial charge in [-0.3, -0.25) is 0 Å². The van der Waals surface area contributed by atoms with Crippen molar-refractivity contribution in [2.75, 3.05) is 5.32 Å². The average Bonchev–Trinajstić information content (AvgIpc) is 3.08. The molecule has 0 aliphatic heterocycles. The van der Waals surface area contributed by atoms with Gasteiger partial charge in [-0.25, -0.2) is 14.8 Å². The Morgan fingerprint density at radius 1 is 1.22 bits per heavy atom. The van der Waals surface area contributed by atoms with E-state index < -0.39 is 5.97 Å².